The summed E-state index contributed by atoms with van der Waals surface area (Å²) in [6.45, 7) is 1.78. The Kier molecular flexibility index (Phi) is 4.43. The summed E-state index contributed by atoms with van der Waals surface area (Å²) >= 11 is -3.09. The van der Waals surface area contributed by atoms with Gasteiger partial charge in [-0.3, -0.25) is 0 Å². The predicted molar refractivity (Wildman–Crippen MR) is 35.0 cm³/mol. The van der Waals surface area contributed by atoms with E-state index in [4.69, 9.17) is 9.30 Å². The minimum absolute atomic E-state index is 0.292. The summed E-state index contributed by atoms with van der Waals surface area (Å²) in [5.41, 5.74) is 0. The Morgan fingerprint density at radius 1 is 1.70 bits per heavy atom. The number of carboxylic acids is 1. The van der Waals surface area contributed by atoms with Crippen molar-refractivity contribution in [3.05, 3.63) is 0 Å². The third-order valence-corrected chi connectivity index (χ3v) is 3.01. The molecule has 0 rings (SSSR count). The fraction of sp³-hybridized carbons (Fsp3) is 0.800. The van der Waals surface area contributed by atoms with Crippen LogP contribution in [-0.4, -0.2) is 29.4 Å². The van der Waals surface area contributed by atoms with E-state index in [-0.39, 0.29) is 0 Å². The number of carbonyl (C=O) groups is 1. The van der Waals surface area contributed by atoms with Gasteiger partial charge in [-0.1, -0.05) is 0 Å². The molecule has 0 bridgehead atoms. The zero-order valence-corrected chi connectivity index (χ0v) is 7.32. The van der Waals surface area contributed by atoms with Crippen LogP contribution >= 0.6 is 0 Å². The van der Waals surface area contributed by atoms with E-state index in [1.165, 1.54) is 0 Å². The summed E-state index contributed by atoms with van der Waals surface area (Å²) in [7, 11) is 0. The molecular formula is C5H10O4Se. The maximum absolute atomic E-state index is 10.4. The zero-order chi connectivity index (χ0) is 8.15. The second kappa shape index (κ2) is 4.55. The average molecular weight is 213 g/mol. The van der Waals surface area contributed by atoms with Gasteiger partial charge in [-0.05, 0) is 0 Å². The third-order valence-electron chi connectivity index (χ3n) is 1.07. The van der Waals surface area contributed by atoms with Crippen LogP contribution in [0.2, 0.25) is 4.82 Å². The Morgan fingerprint density at radius 2 is 2.20 bits per heavy atom. The molecule has 0 aliphatic carbocycles. The molecule has 0 aromatic heterocycles. The van der Waals surface area contributed by atoms with Gasteiger partial charge >= 0.3 is 62.6 Å². The van der Waals surface area contributed by atoms with Crippen molar-refractivity contribution in [2.75, 3.05) is 0 Å². The normalized spacial score (nSPS) is 16.2. The summed E-state index contributed by atoms with van der Waals surface area (Å²) in [6, 6.07) is 0. The fourth-order valence-electron chi connectivity index (χ4n) is 0.573. The van der Waals surface area contributed by atoms with Gasteiger partial charge < -0.3 is 0 Å². The predicted octanol–water partition coefficient (Wildman–Crippen LogP) is 0.152. The zero-order valence-electron chi connectivity index (χ0n) is 5.61. The second-order valence-electron chi connectivity index (χ2n) is 1.89. The fourth-order valence-corrected chi connectivity index (χ4v) is 1.85. The van der Waals surface area contributed by atoms with Gasteiger partial charge in [-0.15, -0.1) is 0 Å². The molecule has 4 nitrogen and oxygen atoms in total. The molecule has 0 radical (unpaired) electrons. The second-order valence-corrected chi connectivity index (χ2v) is 4.24. The average Bonchev–Trinajstić information content (AvgIpc) is 1.81. The van der Waals surface area contributed by atoms with E-state index >= 15 is 0 Å². The van der Waals surface area contributed by atoms with Crippen LogP contribution < -0.4 is 0 Å². The molecule has 0 aliphatic rings. The number of hydrogen-bond donors (Lipinski definition) is 2. The molecule has 0 aromatic rings. The van der Waals surface area contributed by atoms with Gasteiger partial charge in [0.05, 0.1) is 0 Å². The van der Waals surface area contributed by atoms with E-state index in [0.29, 0.717) is 12.8 Å². The van der Waals surface area contributed by atoms with Crippen LogP contribution in [0.15, 0.2) is 0 Å². The summed E-state index contributed by atoms with van der Waals surface area (Å²) in [5, 5.41) is 8.35. The van der Waals surface area contributed by atoms with E-state index in [9.17, 15) is 8.63 Å². The summed E-state index contributed by atoms with van der Waals surface area (Å²) in [5.74, 6) is -1.16. The van der Waals surface area contributed by atoms with Crippen molar-refractivity contribution in [3.63, 3.8) is 0 Å². The van der Waals surface area contributed by atoms with Crippen LogP contribution in [0.1, 0.15) is 19.8 Å². The van der Waals surface area contributed by atoms with Gasteiger partial charge in [0.25, 0.3) is 0 Å². The van der Waals surface area contributed by atoms with Crippen molar-refractivity contribution in [1.82, 2.24) is 0 Å². The monoisotopic (exact) mass is 214 g/mol. The molecule has 0 saturated carbocycles. The van der Waals surface area contributed by atoms with Crippen LogP contribution in [0.25, 0.3) is 0 Å². The molecule has 5 heteroatoms. The standard InChI is InChI=1S/C5H10O4Se/c1-2-3-4(5(6)7)10(8)9/h4H,2-3H2,1H3,(H,6,7)(H,8,9). The van der Waals surface area contributed by atoms with Gasteiger partial charge in [-0.25, -0.2) is 0 Å². The first-order valence-corrected chi connectivity index (χ1v) is 5.37. The van der Waals surface area contributed by atoms with Gasteiger partial charge in [0.15, 0.2) is 0 Å². The van der Waals surface area contributed by atoms with Gasteiger partial charge in [0.2, 0.25) is 0 Å². The van der Waals surface area contributed by atoms with Crippen LogP contribution in [0.3, 0.4) is 0 Å². The van der Waals surface area contributed by atoms with Crippen LogP contribution in [0.5, 0.6) is 0 Å². The number of rotatable bonds is 4. The topological polar surface area (TPSA) is 74.6 Å². The first kappa shape index (κ1) is 9.75. The molecule has 0 amide bonds. The van der Waals surface area contributed by atoms with Crippen molar-refractivity contribution in [3.8, 4) is 0 Å². The maximum atomic E-state index is 10.4. The Morgan fingerprint density at radius 3 is 2.30 bits per heavy atom. The van der Waals surface area contributed by atoms with Crippen LogP contribution in [0, 0.1) is 0 Å². The van der Waals surface area contributed by atoms with E-state index in [0.717, 1.165) is 0 Å². The van der Waals surface area contributed by atoms with Crippen molar-refractivity contribution in [2.24, 2.45) is 0 Å². The molecule has 0 aromatic carbocycles. The SMILES string of the molecule is CCCC(C(=O)O)[Se](=O)O. The molecule has 0 heterocycles. The first-order chi connectivity index (χ1) is 4.59. The van der Waals surface area contributed by atoms with E-state index < -0.39 is 24.9 Å². The van der Waals surface area contributed by atoms with Crippen LogP contribution in [-0.2, 0) is 8.63 Å². The summed E-state index contributed by atoms with van der Waals surface area (Å²) in [4.78, 5) is 9.18. The molecule has 0 spiro atoms. The summed E-state index contributed by atoms with van der Waals surface area (Å²) < 4.78 is 18.9. The Bertz CT molecular complexity index is 131. The van der Waals surface area contributed by atoms with E-state index in [2.05, 4.69) is 0 Å². The van der Waals surface area contributed by atoms with Crippen molar-refractivity contribution in [2.45, 2.75) is 24.6 Å². The molecule has 0 fully saturated rings. The number of carboxylic acid groups (broad SMARTS) is 1. The molecule has 0 saturated heterocycles. The van der Waals surface area contributed by atoms with E-state index in [1.54, 1.807) is 6.92 Å². The number of aliphatic carboxylic acids is 1. The Balaban J connectivity index is 3.98. The minimum atomic E-state index is -3.09. The molecular weight excluding hydrogens is 203 g/mol. The van der Waals surface area contributed by atoms with Crippen LogP contribution in [0.4, 0.5) is 0 Å². The van der Waals surface area contributed by atoms with Crippen molar-refractivity contribution < 1.29 is 17.9 Å². The molecule has 10 heavy (non-hydrogen) atoms. The Hall–Kier alpha value is -0.251. The quantitative estimate of drug-likeness (QED) is 0.652. The molecule has 2 atom stereocenters. The Labute approximate surface area is 63.3 Å². The molecule has 2 N–H and O–H groups in total. The van der Waals surface area contributed by atoms with Crippen molar-refractivity contribution >= 4 is 20.1 Å². The molecule has 2 unspecified atom stereocenters. The molecule has 60 valence electrons. The number of hydrogen-bond acceptors (Lipinski definition) is 2. The summed E-state index contributed by atoms with van der Waals surface area (Å²) in [6.07, 6.45) is 0.916. The van der Waals surface area contributed by atoms with E-state index in [1.807, 2.05) is 0 Å². The molecule has 0 aliphatic heterocycles. The first-order valence-electron chi connectivity index (χ1n) is 2.92. The van der Waals surface area contributed by atoms with Crippen molar-refractivity contribution in [1.29, 1.82) is 0 Å². The van der Waals surface area contributed by atoms with Gasteiger partial charge in [0, 0.05) is 0 Å². The third kappa shape index (κ3) is 3.06. The van der Waals surface area contributed by atoms with Gasteiger partial charge in [0.1, 0.15) is 0 Å². The van der Waals surface area contributed by atoms with Gasteiger partial charge in [-0.2, -0.15) is 0 Å².